The minimum absolute atomic E-state index is 0.0182. The van der Waals surface area contributed by atoms with Crippen LogP contribution in [0.2, 0.25) is 0 Å². The number of carboxylic acid groups (broad SMARTS) is 1. The summed E-state index contributed by atoms with van der Waals surface area (Å²) in [6, 6.07) is 9.12. The van der Waals surface area contributed by atoms with E-state index < -0.39 is 61.2 Å². The van der Waals surface area contributed by atoms with Crippen molar-refractivity contribution in [1.29, 1.82) is 0 Å². The second-order valence-electron chi connectivity index (χ2n) is 9.50. The Balaban J connectivity index is 1.64. The van der Waals surface area contributed by atoms with Gasteiger partial charge >= 0.3 is 18.2 Å². The molecule has 39 heavy (non-hydrogen) atoms. The number of hydrogen-bond donors (Lipinski definition) is 2. The van der Waals surface area contributed by atoms with Gasteiger partial charge in [0.15, 0.2) is 11.3 Å². The smallest absolute Gasteiger partial charge is 0.408 e. The van der Waals surface area contributed by atoms with E-state index in [9.17, 15) is 36.6 Å². The molecule has 210 valence electrons. The van der Waals surface area contributed by atoms with Gasteiger partial charge in [-0.2, -0.15) is 18.3 Å². The second kappa shape index (κ2) is 11.0. The molecule has 1 saturated carbocycles. The summed E-state index contributed by atoms with van der Waals surface area (Å²) in [4.78, 5) is 29.5. The van der Waals surface area contributed by atoms with Crippen molar-refractivity contribution in [2.45, 2.75) is 50.4 Å². The number of carboxylic acids is 1. The summed E-state index contributed by atoms with van der Waals surface area (Å²) < 4.78 is 73.0. The molecule has 3 aromatic rings. The molecule has 14 heteroatoms. The zero-order valence-electron chi connectivity index (χ0n) is 20.8. The highest BCUT2D eigenvalue weighted by atomic mass is 19.4. The first-order valence-electron chi connectivity index (χ1n) is 12.1. The van der Waals surface area contributed by atoms with Crippen LogP contribution >= 0.6 is 0 Å². The monoisotopic (exact) mass is 555 g/mol. The van der Waals surface area contributed by atoms with Crippen LogP contribution in [0.4, 0.5) is 32.4 Å². The molecule has 0 aliphatic heterocycles. The molecule has 0 bridgehead atoms. The van der Waals surface area contributed by atoms with Gasteiger partial charge in [-0.3, -0.25) is 0 Å². The number of ether oxygens (including phenoxy) is 1. The third-order valence-electron chi connectivity index (χ3n) is 6.52. The number of nitrogens with zero attached hydrogens (tertiary/aromatic N) is 4. The van der Waals surface area contributed by atoms with Gasteiger partial charge in [0.25, 0.3) is 0 Å². The maximum absolute atomic E-state index is 13.9. The van der Waals surface area contributed by atoms with Crippen molar-refractivity contribution in [3.05, 3.63) is 59.5 Å². The average Bonchev–Trinajstić information content (AvgIpc) is 3.28. The van der Waals surface area contributed by atoms with Crippen molar-refractivity contribution in [3.63, 3.8) is 0 Å². The van der Waals surface area contributed by atoms with Crippen molar-refractivity contribution in [2.24, 2.45) is 5.92 Å². The standard InChI is InChI=1S/C25H26F5N5O4/c1-34(14-25(28,29)30)18-11-19-31-17(12-35(19)33-21(18)22(36)37)20(16-7-9-24(26,27)10-8-16)32-23(38)39-13-15-5-3-2-4-6-15/h2-6,11-12,16,20H,7-10,13-14H2,1H3,(H,32,38)(H,36,37). The van der Waals surface area contributed by atoms with Gasteiger partial charge in [-0.15, -0.1) is 0 Å². The quantitative estimate of drug-likeness (QED) is 0.367. The molecule has 1 aliphatic rings. The molecule has 0 spiro atoms. The summed E-state index contributed by atoms with van der Waals surface area (Å²) in [6.07, 6.45) is -4.75. The van der Waals surface area contributed by atoms with E-state index in [0.717, 1.165) is 23.2 Å². The topological polar surface area (TPSA) is 109 Å². The number of hydrogen-bond acceptors (Lipinski definition) is 6. The van der Waals surface area contributed by atoms with Gasteiger partial charge in [-0.1, -0.05) is 30.3 Å². The summed E-state index contributed by atoms with van der Waals surface area (Å²) in [7, 11) is 1.08. The van der Waals surface area contributed by atoms with E-state index >= 15 is 0 Å². The zero-order valence-corrected chi connectivity index (χ0v) is 20.8. The zero-order chi connectivity index (χ0) is 28.4. The van der Waals surface area contributed by atoms with Gasteiger partial charge in [0.05, 0.1) is 23.6 Å². The van der Waals surface area contributed by atoms with Gasteiger partial charge < -0.3 is 20.1 Å². The highest BCUT2D eigenvalue weighted by molar-refractivity contribution is 5.92. The first-order chi connectivity index (χ1) is 18.3. The predicted molar refractivity (Wildman–Crippen MR) is 129 cm³/mol. The number of carbonyl (C=O) groups is 2. The van der Waals surface area contributed by atoms with Crippen LogP contribution in [-0.2, 0) is 11.3 Å². The Morgan fingerprint density at radius 2 is 1.90 bits per heavy atom. The Morgan fingerprint density at radius 1 is 1.23 bits per heavy atom. The lowest BCUT2D eigenvalue weighted by atomic mass is 9.81. The summed E-state index contributed by atoms with van der Waals surface area (Å²) in [5, 5.41) is 16.2. The molecule has 1 aromatic carbocycles. The number of alkyl carbamates (subject to hydrolysis) is 1. The van der Waals surface area contributed by atoms with Crippen molar-refractivity contribution < 1.29 is 41.4 Å². The number of carbonyl (C=O) groups excluding carboxylic acids is 1. The number of alkyl halides is 5. The van der Waals surface area contributed by atoms with Gasteiger partial charge in [-0.05, 0) is 24.3 Å². The minimum atomic E-state index is -4.60. The number of nitrogens with one attached hydrogen (secondary N) is 1. The summed E-state index contributed by atoms with van der Waals surface area (Å²) in [5.41, 5.74) is -0.0167. The largest absolute Gasteiger partial charge is 0.476 e. The van der Waals surface area contributed by atoms with Crippen molar-refractivity contribution in [3.8, 4) is 0 Å². The number of fused-ring (bicyclic) bond motifs is 1. The molecule has 1 fully saturated rings. The van der Waals surface area contributed by atoms with E-state index in [-0.39, 0.29) is 36.5 Å². The lowest BCUT2D eigenvalue weighted by Gasteiger charge is -2.33. The highest BCUT2D eigenvalue weighted by Crippen LogP contribution is 2.41. The number of rotatable bonds is 8. The number of benzene rings is 1. The minimum Gasteiger partial charge on any atom is -0.476 e. The molecule has 1 atom stereocenters. The van der Waals surface area contributed by atoms with E-state index in [0.29, 0.717) is 4.90 Å². The first kappa shape index (κ1) is 28.0. The Hall–Kier alpha value is -3.97. The molecule has 0 saturated heterocycles. The SMILES string of the molecule is CN(CC(F)(F)F)c1cc2nc(C(NC(=O)OCc3ccccc3)C3CCC(F)(F)CC3)cn2nc1C(=O)O. The van der Waals surface area contributed by atoms with Crippen molar-refractivity contribution >= 4 is 23.4 Å². The number of aromatic nitrogens is 3. The Labute approximate surface area is 219 Å². The molecule has 0 radical (unpaired) electrons. The summed E-state index contributed by atoms with van der Waals surface area (Å²) in [6.45, 7) is -1.46. The summed E-state index contributed by atoms with van der Waals surface area (Å²) in [5.74, 6) is -4.83. The second-order valence-corrected chi connectivity index (χ2v) is 9.50. The molecule has 1 unspecified atom stereocenters. The lowest BCUT2D eigenvalue weighted by molar-refractivity contribution is -0.119. The molecule has 2 N–H and O–H groups in total. The van der Waals surface area contributed by atoms with Crippen LogP contribution < -0.4 is 10.2 Å². The third-order valence-corrected chi connectivity index (χ3v) is 6.52. The molecular weight excluding hydrogens is 529 g/mol. The predicted octanol–water partition coefficient (Wildman–Crippen LogP) is 5.22. The summed E-state index contributed by atoms with van der Waals surface area (Å²) >= 11 is 0. The molecule has 4 rings (SSSR count). The van der Waals surface area contributed by atoms with Crippen LogP contribution in [0.1, 0.15) is 53.5 Å². The van der Waals surface area contributed by atoms with Crippen LogP contribution in [0.5, 0.6) is 0 Å². The highest BCUT2D eigenvalue weighted by Gasteiger charge is 2.39. The first-order valence-corrected chi connectivity index (χ1v) is 12.1. The number of anilines is 1. The van der Waals surface area contributed by atoms with Gasteiger partial charge in [-0.25, -0.2) is 27.9 Å². The van der Waals surface area contributed by atoms with E-state index in [4.69, 9.17) is 4.74 Å². The molecule has 2 heterocycles. The molecule has 1 amide bonds. The van der Waals surface area contributed by atoms with E-state index in [2.05, 4.69) is 15.4 Å². The molecule has 1 aliphatic carbocycles. The maximum atomic E-state index is 13.9. The number of aromatic carboxylic acids is 1. The number of imidazole rings is 1. The molecule has 9 nitrogen and oxygen atoms in total. The van der Waals surface area contributed by atoms with Gasteiger partial charge in [0.2, 0.25) is 5.92 Å². The third kappa shape index (κ3) is 7.12. The molecular formula is C25H26F5N5O4. The van der Waals surface area contributed by atoms with Crippen LogP contribution in [0.3, 0.4) is 0 Å². The molecule has 2 aromatic heterocycles. The fraction of sp³-hybridized carbons (Fsp3) is 0.440. The Bertz CT molecular complexity index is 1320. The maximum Gasteiger partial charge on any atom is 0.408 e. The van der Waals surface area contributed by atoms with E-state index in [1.165, 1.54) is 6.20 Å². The number of amides is 1. The van der Waals surface area contributed by atoms with Gasteiger partial charge in [0.1, 0.15) is 13.2 Å². The van der Waals surface area contributed by atoms with E-state index in [1.54, 1.807) is 30.3 Å². The van der Waals surface area contributed by atoms with Crippen LogP contribution in [0, 0.1) is 5.92 Å². The average molecular weight is 556 g/mol. The number of halogens is 5. The fourth-order valence-corrected chi connectivity index (χ4v) is 4.60. The van der Waals surface area contributed by atoms with Crippen LogP contribution in [0.25, 0.3) is 5.65 Å². The Morgan fingerprint density at radius 3 is 2.51 bits per heavy atom. The van der Waals surface area contributed by atoms with Crippen molar-refractivity contribution in [1.82, 2.24) is 19.9 Å². The lowest BCUT2D eigenvalue weighted by Crippen LogP contribution is -2.37. The normalized spacial score (nSPS) is 16.6. The van der Waals surface area contributed by atoms with Crippen LogP contribution in [-0.4, -0.2) is 57.5 Å². The fourth-order valence-electron chi connectivity index (χ4n) is 4.60. The van der Waals surface area contributed by atoms with Crippen LogP contribution in [0.15, 0.2) is 42.6 Å². The van der Waals surface area contributed by atoms with E-state index in [1.807, 2.05) is 0 Å². The van der Waals surface area contributed by atoms with Crippen molar-refractivity contribution in [2.75, 3.05) is 18.5 Å². The Kier molecular flexibility index (Phi) is 7.93. The van der Waals surface area contributed by atoms with Gasteiger partial charge in [0, 0.05) is 26.0 Å².